The van der Waals surface area contributed by atoms with Gasteiger partial charge < -0.3 is 10.2 Å². The number of nitrogens with zero attached hydrogens (tertiary/aromatic N) is 2. The molecule has 0 unspecified atom stereocenters. The van der Waals surface area contributed by atoms with E-state index in [2.05, 4.69) is 21.2 Å². The first-order valence-corrected chi connectivity index (χ1v) is 10.8. The average Bonchev–Trinajstić information content (AvgIpc) is 2.75. The number of pyridine rings is 1. The molecule has 3 aromatic rings. The highest BCUT2D eigenvalue weighted by atomic mass is 79.9. The summed E-state index contributed by atoms with van der Waals surface area (Å²) in [6.07, 6.45) is 3.09. The maximum atomic E-state index is 13.1. The van der Waals surface area contributed by atoms with E-state index in [1.807, 2.05) is 29.2 Å². The lowest BCUT2D eigenvalue weighted by Gasteiger charge is -2.27. The smallest absolute Gasteiger partial charge is 0.254 e. The molecule has 0 saturated carbocycles. The summed E-state index contributed by atoms with van der Waals surface area (Å²) in [6, 6.07) is 15.9. The third-order valence-corrected chi connectivity index (χ3v) is 5.80. The van der Waals surface area contributed by atoms with E-state index < -0.39 is 0 Å². The molecule has 7 heteroatoms. The molecule has 154 valence electrons. The first kappa shape index (κ1) is 20.3. The number of rotatable bonds is 4. The molecule has 0 spiro atoms. The molecule has 1 aromatic heterocycles. The number of piperidine rings is 1. The number of nitrogens with one attached hydrogen (secondary N) is 1. The first-order chi connectivity index (χ1) is 14.5. The van der Waals surface area contributed by atoms with Crippen LogP contribution in [-0.2, 0) is 11.3 Å². The van der Waals surface area contributed by atoms with E-state index in [0.717, 1.165) is 23.7 Å². The molecule has 30 heavy (non-hydrogen) atoms. The Morgan fingerprint density at radius 1 is 0.967 bits per heavy atom. The van der Waals surface area contributed by atoms with E-state index in [1.54, 1.807) is 24.3 Å². The Labute approximate surface area is 182 Å². The number of para-hydroxylation sites is 1. The molecule has 1 aliphatic heterocycles. The predicted molar refractivity (Wildman–Crippen MR) is 121 cm³/mol. The zero-order valence-electron chi connectivity index (χ0n) is 16.4. The minimum absolute atomic E-state index is 0.117. The minimum atomic E-state index is -0.363. The molecule has 1 N–H and O–H groups in total. The molecule has 1 aliphatic rings. The number of anilines is 1. The number of hydrogen-bond acceptors (Lipinski definition) is 3. The van der Waals surface area contributed by atoms with Crippen LogP contribution in [0.4, 0.5) is 5.69 Å². The van der Waals surface area contributed by atoms with Crippen LogP contribution in [0.15, 0.2) is 63.9 Å². The van der Waals surface area contributed by atoms with Gasteiger partial charge in [-0.15, -0.1) is 0 Å². The van der Waals surface area contributed by atoms with E-state index in [0.29, 0.717) is 35.2 Å². The molecule has 2 amide bonds. The van der Waals surface area contributed by atoms with Crippen LogP contribution in [-0.4, -0.2) is 34.4 Å². The van der Waals surface area contributed by atoms with Crippen LogP contribution in [0.5, 0.6) is 0 Å². The van der Waals surface area contributed by atoms with Crippen LogP contribution in [0, 0.1) is 0 Å². The normalized spacial score (nSPS) is 14.0. The fraction of sp³-hybridized carbons (Fsp3) is 0.261. The molecular formula is C23H22BrN3O3. The highest BCUT2D eigenvalue weighted by Crippen LogP contribution is 2.21. The van der Waals surface area contributed by atoms with Crippen LogP contribution in [0.25, 0.3) is 10.9 Å². The van der Waals surface area contributed by atoms with Crippen molar-refractivity contribution >= 4 is 44.3 Å². The van der Waals surface area contributed by atoms with E-state index in [1.165, 1.54) is 10.6 Å². The molecule has 0 aliphatic carbocycles. The summed E-state index contributed by atoms with van der Waals surface area (Å²) < 4.78 is 2.26. The van der Waals surface area contributed by atoms with Crippen molar-refractivity contribution in [1.82, 2.24) is 9.47 Å². The molecule has 4 rings (SSSR count). The summed E-state index contributed by atoms with van der Waals surface area (Å²) in [7, 11) is 0. The van der Waals surface area contributed by atoms with Crippen molar-refractivity contribution in [2.75, 3.05) is 18.4 Å². The molecule has 2 heterocycles. The van der Waals surface area contributed by atoms with Gasteiger partial charge in [-0.05, 0) is 43.5 Å². The maximum absolute atomic E-state index is 13.1. The second kappa shape index (κ2) is 8.83. The fourth-order valence-corrected chi connectivity index (χ4v) is 4.25. The van der Waals surface area contributed by atoms with Crippen LogP contribution in [0.2, 0.25) is 0 Å². The van der Waals surface area contributed by atoms with Crippen molar-refractivity contribution in [3.8, 4) is 0 Å². The van der Waals surface area contributed by atoms with Crippen LogP contribution in [0.1, 0.15) is 29.6 Å². The quantitative estimate of drug-likeness (QED) is 0.629. The molecule has 2 aromatic carbocycles. The Morgan fingerprint density at radius 3 is 2.50 bits per heavy atom. The van der Waals surface area contributed by atoms with Gasteiger partial charge >= 0.3 is 0 Å². The van der Waals surface area contributed by atoms with Gasteiger partial charge in [-0.2, -0.15) is 0 Å². The second-order valence-electron chi connectivity index (χ2n) is 7.41. The lowest BCUT2D eigenvalue weighted by molar-refractivity contribution is -0.116. The van der Waals surface area contributed by atoms with Crippen molar-refractivity contribution < 1.29 is 9.59 Å². The van der Waals surface area contributed by atoms with Crippen LogP contribution < -0.4 is 10.9 Å². The molecular weight excluding hydrogens is 446 g/mol. The van der Waals surface area contributed by atoms with Gasteiger partial charge in [-0.1, -0.05) is 40.2 Å². The molecule has 1 saturated heterocycles. The Bertz CT molecular complexity index is 1170. The van der Waals surface area contributed by atoms with E-state index in [-0.39, 0.29) is 23.9 Å². The lowest BCUT2D eigenvalue weighted by atomic mass is 10.0. The van der Waals surface area contributed by atoms with Crippen LogP contribution in [0.3, 0.4) is 0 Å². The van der Waals surface area contributed by atoms with Crippen molar-refractivity contribution in [2.45, 2.75) is 25.8 Å². The Kier molecular flexibility index (Phi) is 5.99. The van der Waals surface area contributed by atoms with Crippen molar-refractivity contribution in [3.63, 3.8) is 0 Å². The summed E-state index contributed by atoms with van der Waals surface area (Å²) in [6.45, 7) is 1.29. The molecule has 0 atom stereocenters. The van der Waals surface area contributed by atoms with Gasteiger partial charge in [0.15, 0.2) is 0 Å². The largest absolute Gasteiger partial charge is 0.339 e. The van der Waals surface area contributed by atoms with E-state index in [9.17, 15) is 14.4 Å². The number of likely N-dealkylation sites (tertiary alicyclic amines) is 1. The van der Waals surface area contributed by atoms with E-state index >= 15 is 0 Å². The van der Waals surface area contributed by atoms with Gasteiger partial charge in [0.25, 0.3) is 11.5 Å². The summed E-state index contributed by atoms with van der Waals surface area (Å²) in [5, 5.41) is 3.49. The Balaban J connectivity index is 1.66. The number of benzene rings is 2. The van der Waals surface area contributed by atoms with Gasteiger partial charge in [0.1, 0.15) is 6.54 Å². The van der Waals surface area contributed by atoms with Gasteiger partial charge in [-0.3, -0.25) is 19.0 Å². The maximum Gasteiger partial charge on any atom is 0.254 e. The lowest BCUT2D eigenvalue weighted by Crippen LogP contribution is -2.37. The number of amides is 2. The SMILES string of the molecule is O=C(Cn1c(=O)cc(C(=O)N2CCCCC2)c2ccccc21)Nc1cccc(Br)c1. The minimum Gasteiger partial charge on any atom is -0.339 e. The molecule has 1 fully saturated rings. The zero-order valence-corrected chi connectivity index (χ0v) is 18.0. The third-order valence-electron chi connectivity index (χ3n) is 5.30. The highest BCUT2D eigenvalue weighted by molar-refractivity contribution is 9.10. The van der Waals surface area contributed by atoms with Gasteiger partial charge in [-0.25, -0.2) is 0 Å². The standard InChI is InChI=1S/C23H22BrN3O3/c24-16-7-6-8-17(13-16)25-21(28)15-27-20-10-3-2-9-18(20)19(14-22(27)29)23(30)26-11-4-1-5-12-26/h2-3,6-10,13-14H,1,4-5,11-12,15H2,(H,25,28). The van der Waals surface area contributed by atoms with E-state index in [4.69, 9.17) is 0 Å². The monoisotopic (exact) mass is 467 g/mol. The van der Waals surface area contributed by atoms with Gasteiger partial charge in [0.05, 0.1) is 11.1 Å². The second-order valence-corrected chi connectivity index (χ2v) is 8.33. The summed E-state index contributed by atoms with van der Waals surface area (Å²) in [4.78, 5) is 40.4. The van der Waals surface area contributed by atoms with Crippen molar-refractivity contribution in [2.24, 2.45) is 0 Å². The molecule has 0 radical (unpaired) electrons. The summed E-state index contributed by atoms with van der Waals surface area (Å²) in [5.41, 5.74) is 1.26. The number of halogens is 1. The Hall–Kier alpha value is -2.93. The highest BCUT2D eigenvalue weighted by Gasteiger charge is 2.22. The number of fused-ring (bicyclic) bond motifs is 1. The number of carbonyl (C=O) groups is 2. The zero-order chi connectivity index (χ0) is 21.1. The predicted octanol–water partition coefficient (Wildman–Crippen LogP) is 4.03. The Morgan fingerprint density at radius 2 is 1.73 bits per heavy atom. The number of carbonyl (C=O) groups excluding carboxylic acids is 2. The van der Waals surface area contributed by atoms with Crippen LogP contribution >= 0.6 is 15.9 Å². The van der Waals surface area contributed by atoms with Crippen molar-refractivity contribution in [3.05, 3.63) is 75.0 Å². The summed E-state index contributed by atoms with van der Waals surface area (Å²) >= 11 is 3.37. The topological polar surface area (TPSA) is 71.4 Å². The number of hydrogen-bond donors (Lipinski definition) is 1. The van der Waals surface area contributed by atoms with Gasteiger partial charge in [0, 0.05) is 34.7 Å². The third kappa shape index (κ3) is 4.31. The molecule has 6 nitrogen and oxygen atoms in total. The number of aromatic nitrogens is 1. The molecule has 0 bridgehead atoms. The first-order valence-electron chi connectivity index (χ1n) is 10.0. The van der Waals surface area contributed by atoms with Gasteiger partial charge in [0.2, 0.25) is 5.91 Å². The summed E-state index contributed by atoms with van der Waals surface area (Å²) in [5.74, 6) is -0.427. The average molecular weight is 468 g/mol. The van der Waals surface area contributed by atoms with Crippen molar-refractivity contribution in [1.29, 1.82) is 0 Å². The fourth-order valence-electron chi connectivity index (χ4n) is 3.85.